The molecule has 2 amide bonds. The maximum atomic E-state index is 13.0. The highest BCUT2D eigenvalue weighted by Crippen LogP contribution is 2.34. The molecule has 1 aliphatic rings. The molecule has 1 heterocycles. The van der Waals surface area contributed by atoms with Crippen LogP contribution in [-0.4, -0.2) is 40.9 Å². The van der Waals surface area contributed by atoms with Crippen LogP contribution in [-0.2, 0) is 4.79 Å². The van der Waals surface area contributed by atoms with Crippen molar-refractivity contribution in [2.45, 2.75) is 58.3 Å². The van der Waals surface area contributed by atoms with E-state index in [1.165, 1.54) is 30.6 Å². The Kier molecular flexibility index (Phi) is 7.44. The number of nitrogens with zero attached hydrogens (tertiary/aromatic N) is 1. The first-order valence-electron chi connectivity index (χ1n) is 10.9. The number of carbonyl (C=O) groups is 3. The second-order valence-corrected chi connectivity index (χ2v) is 7.84. The molecule has 0 bridgehead atoms. The minimum absolute atomic E-state index is 0.0376. The number of hydrogen-bond donors (Lipinski definition) is 2. The highest BCUT2D eigenvalue weighted by Gasteiger charge is 2.32. The molecule has 2 aromatic rings. The quantitative estimate of drug-likeness (QED) is 0.377. The summed E-state index contributed by atoms with van der Waals surface area (Å²) in [7, 11) is 0. The molecule has 6 nitrogen and oxygen atoms in total. The molecule has 1 aliphatic heterocycles. The number of carboxylic acid groups (broad SMARTS) is 1. The normalized spacial score (nSPS) is 13.2. The predicted molar refractivity (Wildman–Crippen MR) is 118 cm³/mol. The molecule has 0 aromatic heterocycles. The number of rotatable bonds is 12. The van der Waals surface area contributed by atoms with Crippen molar-refractivity contribution in [1.82, 2.24) is 4.90 Å². The number of amides is 2. The topological polar surface area (TPSA) is 86.7 Å². The summed E-state index contributed by atoms with van der Waals surface area (Å²) in [6.45, 7) is 3.30. The van der Waals surface area contributed by atoms with E-state index < -0.39 is 5.97 Å². The van der Waals surface area contributed by atoms with E-state index in [4.69, 9.17) is 5.11 Å². The Labute approximate surface area is 177 Å². The zero-order chi connectivity index (χ0) is 21.5. The smallest absolute Gasteiger partial charge is 0.303 e. The summed E-state index contributed by atoms with van der Waals surface area (Å²) in [5, 5.41) is 13.9. The van der Waals surface area contributed by atoms with Gasteiger partial charge in [-0.15, -0.1) is 0 Å². The minimum atomic E-state index is -0.869. The number of imide groups is 1. The molecular weight excluding hydrogens is 380 g/mol. The number of carboxylic acids is 1. The molecule has 0 spiro atoms. The van der Waals surface area contributed by atoms with Crippen LogP contribution < -0.4 is 5.32 Å². The van der Waals surface area contributed by atoms with Gasteiger partial charge in [-0.2, -0.15) is 0 Å². The fourth-order valence-corrected chi connectivity index (χ4v) is 4.00. The molecule has 6 heteroatoms. The Bertz CT molecular complexity index is 916. The zero-order valence-electron chi connectivity index (χ0n) is 17.6. The summed E-state index contributed by atoms with van der Waals surface area (Å²) < 4.78 is 0. The molecule has 0 fully saturated rings. The lowest BCUT2D eigenvalue weighted by Crippen LogP contribution is -2.40. The monoisotopic (exact) mass is 410 g/mol. The molecule has 0 aliphatic carbocycles. The van der Waals surface area contributed by atoms with Crippen LogP contribution in [0.4, 0.5) is 5.69 Å². The zero-order valence-corrected chi connectivity index (χ0v) is 17.6. The molecule has 2 aromatic carbocycles. The van der Waals surface area contributed by atoms with Crippen molar-refractivity contribution in [1.29, 1.82) is 0 Å². The van der Waals surface area contributed by atoms with E-state index in [-0.39, 0.29) is 24.8 Å². The average molecular weight is 411 g/mol. The third-order valence-corrected chi connectivity index (χ3v) is 5.61. The van der Waals surface area contributed by atoms with Crippen LogP contribution in [0.1, 0.15) is 79.0 Å². The molecule has 0 unspecified atom stereocenters. The maximum absolute atomic E-state index is 13.0. The first kappa shape index (κ1) is 21.8. The van der Waals surface area contributed by atoms with Crippen molar-refractivity contribution < 1.29 is 19.5 Å². The molecule has 30 heavy (non-hydrogen) atoms. The lowest BCUT2D eigenvalue weighted by atomic mass is 9.92. The lowest BCUT2D eigenvalue weighted by molar-refractivity contribution is -0.137. The Hall–Kier alpha value is -2.89. The summed E-state index contributed by atoms with van der Waals surface area (Å²) in [5.74, 6) is -1.47. The Morgan fingerprint density at radius 3 is 2.40 bits per heavy atom. The van der Waals surface area contributed by atoms with E-state index >= 15 is 0 Å². The first-order valence-corrected chi connectivity index (χ1v) is 10.9. The number of nitrogens with one attached hydrogen (secondary N) is 1. The molecular formula is C24H30N2O4. The average Bonchev–Trinajstić information content (AvgIpc) is 2.74. The van der Waals surface area contributed by atoms with Crippen molar-refractivity contribution in [2.24, 2.45) is 0 Å². The summed E-state index contributed by atoms with van der Waals surface area (Å²) in [4.78, 5) is 37.9. The van der Waals surface area contributed by atoms with E-state index in [0.29, 0.717) is 29.4 Å². The van der Waals surface area contributed by atoms with Gasteiger partial charge in [-0.1, -0.05) is 44.7 Å². The molecule has 0 saturated heterocycles. The number of carbonyl (C=O) groups excluding carboxylic acids is 2. The highest BCUT2D eigenvalue weighted by atomic mass is 16.4. The summed E-state index contributed by atoms with van der Waals surface area (Å²) in [6, 6.07) is 9.28. The van der Waals surface area contributed by atoms with Gasteiger partial charge in [0.25, 0.3) is 11.8 Å². The summed E-state index contributed by atoms with van der Waals surface area (Å²) >= 11 is 0. The van der Waals surface area contributed by atoms with Gasteiger partial charge in [-0.05, 0) is 37.5 Å². The van der Waals surface area contributed by atoms with Crippen molar-refractivity contribution in [3.8, 4) is 0 Å². The van der Waals surface area contributed by atoms with Gasteiger partial charge in [0.2, 0.25) is 0 Å². The van der Waals surface area contributed by atoms with Crippen LogP contribution in [0.2, 0.25) is 0 Å². The van der Waals surface area contributed by atoms with Gasteiger partial charge >= 0.3 is 5.97 Å². The third kappa shape index (κ3) is 4.81. The van der Waals surface area contributed by atoms with E-state index in [9.17, 15) is 14.4 Å². The number of aliphatic carboxylic acids is 1. The Morgan fingerprint density at radius 1 is 0.933 bits per heavy atom. The first-order chi connectivity index (χ1) is 14.5. The van der Waals surface area contributed by atoms with Gasteiger partial charge in [0.05, 0.1) is 0 Å². The Morgan fingerprint density at radius 2 is 1.67 bits per heavy atom. The van der Waals surface area contributed by atoms with E-state index in [2.05, 4.69) is 12.2 Å². The maximum Gasteiger partial charge on any atom is 0.303 e. The Balaban J connectivity index is 1.76. The van der Waals surface area contributed by atoms with E-state index in [0.717, 1.165) is 24.0 Å². The summed E-state index contributed by atoms with van der Waals surface area (Å²) in [6.07, 6.45) is 6.96. The van der Waals surface area contributed by atoms with Gasteiger partial charge < -0.3 is 10.4 Å². The predicted octanol–water partition coefficient (Wildman–Crippen LogP) is 5.07. The van der Waals surface area contributed by atoms with Gasteiger partial charge in [0.15, 0.2) is 0 Å². The van der Waals surface area contributed by atoms with E-state index in [1.807, 2.05) is 18.2 Å². The largest absolute Gasteiger partial charge is 0.481 e. The van der Waals surface area contributed by atoms with Gasteiger partial charge in [-0.3, -0.25) is 19.3 Å². The van der Waals surface area contributed by atoms with Gasteiger partial charge in [-0.25, -0.2) is 0 Å². The lowest BCUT2D eigenvalue weighted by Gasteiger charge is -2.28. The van der Waals surface area contributed by atoms with E-state index in [1.54, 1.807) is 12.1 Å². The number of benzene rings is 2. The molecule has 160 valence electrons. The minimum Gasteiger partial charge on any atom is -0.481 e. The van der Waals surface area contributed by atoms with Crippen LogP contribution in [0.5, 0.6) is 0 Å². The molecule has 0 radical (unpaired) electrons. The van der Waals surface area contributed by atoms with Crippen molar-refractivity contribution >= 4 is 34.2 Å². The van der Waals surface area contributed by atoms with Crippen molar-refractivity contribution in [3.63, 3.8) is 0 Å². The third-order valence-electron chi connectivity index (χ3n) is 5.61. The second kappa shape index (κ2) is 10.2. The van der Waals surface area contributed by atoms with Gasteiger partial charge in [0, 0.05) is 47.1 Å². The van der Waals surface area contributed by atoms with Crippen LogP contribution >= 0.6 is 0 Å². The summed E-state index contributed by atoms with van der Waals surface area (Å²) in [5.41, 5.74) is 2.01. The highest BCUT2D eigenvalue weighted by molar-refractivity contribution is 6.26. The number of anilines is 1. The second-order valence-electron chi connectivity index (χ2n) is 7.84. The van der Waals surface area contributed by atoms with Crippen molar-refractivity contribution in [3.05, 3.63) is 41.5 Å². The number of unbranched alkanes of at least 4 members (excludes halogenated alkanes) is 5. The number of hydrogen-bond acceptors (Lipinski definition) is 4. The van der Waals surface area contributed by atoms with Gasteiger partial charge in [0.1, 0.15) is 0 Å². The van der Waals surface area contributed by atoms with Crippen molar-refractivity contribution in [2.75, 3.05) is 18.4 Å². The fraction of sp³-hybridized carbons (Fsp3) is 0.458. The standard InChI is InChI=1S/C24H30N2O4/c1-2-3-4-5-7-15-25-20-14-13-19-22-17(20)10-9-11-18(22)23(29)26(24(19)30)16-8-6-12-21(27)28/h9-11,13-14,25H,2-8,12,15-16H2,1H3,(H,27,28). The SMILES string of the molecule is CCCCCCCNc1ccc2c3c(cccc13)C(=O)N(CCCCC(=O)O)C2=O. The van der Waals surface area contributed by atoms with Crippen LogP contribution in [0.25, 0.3) is 10.8 Å². The molecule has 0 saturated carbocycles. The van der Waals surface area contributed by atoms with Crippen LogP contribution in [0.15, 0.2) is 30.3 Å². The van der Waals surface area contributed by atoms with Crippen LogP contribution in [0, 0.1) is 0 Å². The fourth-order valence-electron chi connectivity index (χ4n) is 4.00. The molecule has 2 N–H and O–H groups in total. The molecule has 0 atom stereocenters. The molecule has 3 rings (SSSR count). The van der Waals surface area contributed by atoms with Crippen LogP contribution in [0.3, 0.4) is 0 Å².